The Bertz CT molecular complexity index is 1030. The van der Waals surface area contributed by atoms with Crippen LogP contribution in [0, 0.1) is 0 Å². The summed E-state index contributed by atoms with van der Waals surface area (Å²) in [5.74, 6) is 0.618. The summed E-state index contributed by atoms with van der Waals surface area (Å²) < 4.78 is 2.22. The highest BCUT2D eigenvalue weighted by atomic mass is 15.3. The van der Waals surface area contributed by atoms with Crippen LogP contribution in [0.15, 0.2) is 55.0 Å². The van der Waals surface area contributed by atoms with Crippen LogP contribution in [-0.2, 0) is 0 Å². The first-order chi connectivity index (χ1) is 14.9. The molecular formula is C24H33N7. The first-order valence-corrected chi connectivity index (χ1v) is 10.9. The molecule has 7 heteroatoms. The van der Waals surface area contributed by atoms with E-state index in [0.29, 0.717) is 12.0 Å². The highest BCUT2D eigenvalue weighted by Crippen LogP contribution is 2.24. The third-order valence-corrected chi connectivity index (χ3v) is 5.87. The lowest BCUT2D eigenvalue weighted by Gasteiger charge is -2.37. The highest BCUT2D eigenvalue weighted by Gasteiger charge is 2.17. The predicted molar refractivity (Wildman–Crippen MR) is 129 cm³/mol. The molecule has 0 aliphatic carbocycles. The van der Waals surface area contributed by atoms with Gasteiger partial charge in [0.05, 0.1) is 0 Å². The topological polar surface area (TPSA) is 52.5 Å². The van der Waals surface area contributed by atoms with E-state index >= 15 is 0 Å². The molecule has 1 saturated heterocycles. The van der Waals surface area contributed by atoms with Crippen molar-refractivity contribution in [3.63, 3.8) is 0 Å². The molecule has 0 spiro atoms. The summed E-state index contributed by atoms with van der Waals surface area (Å²) in [5.41, 5.74) is 4.34. The van der Waals surface area contributed by atoms with Gasteiger partial charge in [-0.1, -0.05) is 6.58 Å². The van der Waals surface area contributed by atoms with Gasteiger partial charge in [-0.2, -0.15) is 4.98 Å². The minimum absolute atomic E-state index is 0.333. The number of hydrogen-bond donors (Lipinski definition) is 1. The zero-order chi connectivity index (χ0) is 22.0. The second-order valence-electron chi connectivity index (χ2n) is 8.69. The molecule has 0 radical (unpaired) electrons. The Morgan fingerprint density at radius 3 is 2.48 bits per heavy atom. The molecule has 2 aromatic heterocycles. The summed E-state index contributed by atoms with van der Waals surface area (Å²) in [7, 11) is 4.18. The monoisotopic (exact) mass is 419 g/mol. The number of allylic oxidation sites excluding steroid dienone is 1. The van der Waals surface area contributed by atoms with Crippen molar-refractivity contribution < 1.29 is 0 Å². The summed E-state index contributed by atoms with van der Waals surface area (Å²) >= 11 is 0. The second kappa shape index (κ2) is 8.98. The van der Waals surface area contributed by atoms with Crippen LogP contribution in [0.1, 0.15) is 19.9 Å². The molecule has 1 atom stereocenters. The van der Waals surface area contributed by atoms with Gasteiger partial charge >= 0.3 is 0 Å². The number of benzene rings is 1. The number of rotatable bonds is 7. The van der Waals surface area contributed by atoms with Gasteiger partial charge in [0, 0.05) is 73.6 Å². The molecule has 1 unspecified atom stereocenters. The van der Waals surface area contributed by atoms with Crippen LogP contribution in [0.5, 0.6) is 0 Å². The van der Waals surface area contributed by atoms with E-state index in [1.54, 1.807) is 0 Å². The third kappa shape index (κ3) is 4.82. The van der Waals surface area contributed by atoms with Gasteiger partial charge in [0.1, 0.15) is 5.65 Å². The maximum atomic E-state index is 4.79. The predicted octanol–water partition coefficient (Wildman–Crippen LogP) is 3.95. The van der Waals surface area contributed by atoms with E-state index in [1.807, 2.05) is 6.20 Å². The molecule has 1 N–H and O–H groups in total. The van der Waals surface area contributed by atoms with Crippen LogP contribution in [0.2, 0.25) is 0 Å². The minimum atomic E-state index is 0.333. The van der Waals surface area contributed by atoms with Crippen molar-refractivity contribution in [2.45, 2.75) is 19.9 Å². The number of piperazine rings is 1. The average Bonchev–Trinajstić information content (AvgIpc) is 3.17. The van der Waals surface area contributed by atoms with E-state index in [1.165, 1.54) is 5.69 Å². The number of nitrogens with one attached hydrogen (secondary N) is 1. The maximum Gasteiger partial charge on any atom is 0.229 e. The van der Waals surface area contributed by atoms with Crippen molar-refractivity contribution in [2.24, 2.45) is 0 Å². The SMILES string of the molecule is C=C(C)N1CCN(c2ccc(Nc3ncc4ccn(C(C)CN(C)C)c4n3)cc2)CC1. The fraction of sp³-hybridized carbons (Fsp3) is 0.417. The fourth-order valence-electron chi connectivity index (χ4n) is 4.20. The lowest BCUT2D eigenvalue weighted by Crippen LogP contribution is -2.45. The van der Waals surface area contributed by atoms with Crippen LogP contribution in [-0.4, -0.2) is 71.2 Å². The van der Waals surface area contributed by atoms with Gasteiger partial charge in [0.15, 0.2) is 0 Å². The maximum absolute atomic E-state index is 4.79. The van der Waals surface area contributed by atoms with Gasteiger partial charge in [-0.15, -0.1) is 0 Å². The van der Waals surface area contributed by atoms with Crippen molar-refractivity contribution in [2.75, 3.05) is 57.0 Å². The van der Waals surface area contributed by atoms with Crippen molar-refractivity contribution in [3.05, 3.63) is 55.0 Å². The molecule has 1 aromatic carbocycles. The van der Waals surface area contributed by atoms with Crippen LogP contribution in [0.4, 0.5) is 17.3 Å². The molecule has 3 heterocycles. The average molecular weight is 420 g/mol. The molecule has 0 amide bonds. The van der Waals surface area contributed by atoms with Crippen LogP contribution in [0.3, 0.4) is 0 Å². The number of aromatic nitrogens is 3. The molecule has 164 valence electrons. The number of hydrogen-bond acceptors (Lipinski definition) is 6. The Hall–Kier alpha value is -3.06. The number of anilines is 3. The molecule has 7 nitrogen and oxygen atoms in total. The van der Waals surface area contributed by atoms with Gasteiger partial charge in [-0.25, -0.2) is 4.98 Å². The van der Waals surface area contributed by atoms with Gasteiger partial charge in [0.2, 0.25) is 5.95 Å². The molecule has 1 fully saturated rings. The number of nitrogens with zero attached hydrogens (tertiary/aromatic N) is 6. The van der Waals surface area contributed by atoms with Crippen LogP contribution in [0.25, 0.3) is 11.0 Å². The van der Waals surface area contributed by atoms with Gasteiger partial charge in [0.25, 0.3) is 0 Å². The Morgan fingerprint density at radius 1 is 1.13 bits per heavy atom. The van der Waals surface area contributed by atoms with E-state index in [9.17, 15) is 0 Å². The third-order valence-electron chi connectivity index (χ3n) is 5.87. The van der Waals surface area contributed by atoms with Crippen molar-refractivity contribution in [1.82, 2.24) is 24.3 Å². The van der Waals surface area contributed by atoms with Gasteiger partial charge < -0.3 is 24.6 Å². The first-order valence-electron chi connectivity index (χ1n) is 10.9. The molecule has 1 aliphatic rings. The molecule has 0 bridgehead atoms. The van der Waals surface area contributed by atoms with E-state index in [4.69, 9.17) is 4.98 Å². The van der Waals surface area contributed by atoms with E-state index < -0.39 is 0 Å². The molecule has 31 heavy (non-hydrogen) atoms. The lowest BCUT2D eigenvalue weighted by atomic mass is 10.2. The normalized spacial score (nSPS) is 15.5. The molecule has 1 aliphatic heterocycles. The van der Waals surface area contributed by atoms with E-state index in [2.05, 4.69) is 101 Å². The van der Waals surface area contributed by atoms with Gasteiger partial charge in [-0.3, -0.25) is 0 Å². The molecule has 4 rings (SSSR count). The summed E-state index contributed by atoms with van der Waals surface area (Å²) in [6.45, 7) is 13.4. The Labute approximate surface area is 185 Å². The molecular weight excluding hydrogens is 386 g/mol. The Morgan fingerprint density at radius 2 is 1.84 bits per heavy atom. The van der Waals surface area contributed by atoms with Crippen molar-refractivity contribution >= 4 is 28.4 Å². The number of fused-ring (bicyclic) bond motifs is 1. The van der Waals surface area contributed by atoms with E-state index in [0.717, 1.165) is 55.1 Å². The largest absolute Gasteiger partial charge is 0.372 e. The minimum Gasteiger partial charge on any atom is -0.372 e. The lowest BCUT2D eigenvalue weighted by molar-refractivity contribution is 0.323. The Kier molecular flexibility index (Phi) is 6.13. The molecule has 3 aromatic rings. The zero-order valence-electron chi connectivity index (χ0n) is 19.0. The fourth-order valence-corrected chi connectivity index (χ4v) is 4.20. The van der Waals surface area contributed by atoms with Crippen LogP contribution < -0.4 is 10.2 Å². The second-order valence-corrected chi connectivity index (χ2v) is 8.69. The van der Waals surface area contributed by atoms with Crippen LogP contribution >= 0.6 is 0 Å². The number of likely N-dealkylation sites (N-methyl/N-ethyl adjacent to an activating group) is 1. The quantitative estimate of drug-likeness (QED) is 0.626. The first kappa shape index (κ1) is 21.2. The summed E-state index contributed by atoms with van der Waals surface area (Å²) in [6, 6.07) is 10.9. The highest BCUT2D eigenvalue weighted by molar-refractivity contribution is 5.77. The molecule has 0 saturated carbocycles. The van der Waals surface area contributed by atoms with Crippen molar-refractivity contribution in [3.8, 4) is 0 Å². The smallest absolute Gasteiger partial charge is 0.229 e. The summed E-state index contributed by atoms with van der Waals surface area (Å²) in [5, 5.41) is 4.42. The standard InChI is InChI=1S/C24H33N7/c1-18(2)29-12-14-30(15-13-29)22-8-6-21(7-9-22)26-24-25-16-20-10-11-31(23(20)27-24)19(3)17-28(4)5/h6-11,16,19H,1,12-15,17H2,2-5H3,(H,25,26,27). The van der Waals surface area contributed by atoms with Crippen molar-refractivity contribution in [1.29, 1.82) is 0 Å². The zero-order valence-corrected chi connectivity index (χ0v) is 19.0. The Balaban J connectivity index is 1.45. The summed E-state index contributed by atoms with van der Waals surface area (Å²) in [4.78, 5) is 16.3. The summed E-state index contributed by atoms with van der Waals surface area (Å²) in [6.07, 6.45) is 3.98. The van der Waals surface area contributed by atoms with Gasteiger partial charge in [-0.05, 0) is 58.3 Å². The van der Waals surface area contributed by atoms with E-state index in [-0.39, 0.29) is 0 Å².